The number of nitrogens with zero attached hydrogens (tertiary/aromatic N) is 1. The summed E-state index contributed by atoms with van der Waals surface area (Å²) in [5, 5.41) is 11.8. The standard InChI is InChI=1S/C19H19NO4/c1-22-17-5-4-12(7-19(17)24-3)6-13-10-20-11-14-8-16(21)18(23-2)9-15(13)14/h4-5,7-11,21H,6H2,1-3H3. The zero-order valence-corrected chi connectivity index (χ0v) is 13.9. The topological polar surface area (TPSA) is 60.8 Å². The van der Waals surface area contributed by atoms with Gasteiger partial charge in [-0.3, -0.25) is 4.98 Å². The van der Waals surface area contributed by atoms with Gasteiger partial charge in [0.05, 0.1) is 21.3 Å². The fourth-order valence-electron chi connectivity index (χ4n) is 2.76. The van der Waals surface area contributed by atoms with Crippen LogP contribution in [0.1, 0.15) is 11.1 Å². The van der Waals surface area contributed by atoms with Crippen LogP contribution in [0, 0.1) is 0 Å². The van der Waals surface area contributed by atoms with Gasteiger partial charge in [0.15, 0.2) is 23.0 Å². The monoisotopic (exact) mass is 325 g/mol. The highest BCUT2D eigenvalue weighted by atomic mass is 16.5. The van der Waals surface area contributed by atoms with Crippen LogP contribution >= 0.6 is 0 Å². The third kappa shape index (κ3) is 2.93. The Bertz CT molecular complexity index is 877. The molecular weight excluding hydrogens is 306 g/mol. The predicted molar refractivity (Wildman–Crippen MR) is 92.3 cm³/mol. The first-order chi connectivity index (χ1) is 11.7. The number of phenols is 1. The zero-order valence-electron chi connectivity index (χ0n) is 13.9. The summed E-state index contributed by atoms with van der Waals surface area (Å²) in [6, 6.07) is 9.34. The number of hydrogen-bond acceptors (Lipinski definition) is 5. The highest BCUT2D eigenvalue weighted by Gasteiger charge is 2.10. The highest BCUT2D eigenvalue weighted by molar-refractivity contribution is 5.88. The van der Waals surface area contributed by atoms with Gasteiger partial charge in [-0.05, 0) is 47.2 Å². The van der Waals surface area contributed by atoms with Gasteiger partial charge in [-0.15, -0.1) is 0 Å². The SMILES string of the molecule is COc1cc2c(Cc3ccc(OC)c(OC)c3)cncc2cc1O. The van der Waals surface area contributed by atoms with Crippen LogP contribution < -0.4 is 14.2 Å². The second kappa shape index (κ2) is 6.66. The molecule has 0 aliphatic carbocycles. The Morgan fingerprint density at radius 1 is 0.875 bits per heavy atom. The van der Waals surface area contributed by atoms with Crippen LogP contribution in [0.25, 0.3) is 10.8 Å². The van der Waals surface area contributed by atoms with Crippen LogP contribution in [-0.2, 0) is 6.42 Å². The number of pyridine rings is 1. The molecule has 5 heteroatoms. The lowest BCUT2D eigenvalue weighted by Gasteiger charge is -2.12. The molecule has 124 valence electrons. The largest absolute Gasteiger partial charge is 0.504 e. The molecule has 0 aliphatic rings. The molecule has 5 nitrogen and oxygen atoms in total. The summed E-state index contributed by atoms with van der Waals surface area (Å²) < 4.78 is 15.9. The summed E-state index contributed by atoms with van der Waals surface area (Å²) in [5.41, 5.74) is 2.12. The number of benzene rings is 2. The number of hydrogen-bond donors (Lipinski definition) is 1. The molecule has 24 heavy (non-hydrogen) atoms. The van der Waals surface area contributed by atoms with Crippen LogP contribution in [0.15, 0.2) is 42.7 Å². The molecule has 0 saturated heterocycles. The second-order valence-corrected chi connectivity index (χ2v) is 5.41. The molecular formula is C19H19NO4. The summed E-state index contributed by atoms with van der Waals surface area (Å²) in [5.74, 6) is 1.94. The van der Waals surface area contributed by atoms with Crippen LogP contribution in [0.3, 0.4) is 0 Å². The molecule has 0 fully saturated rings. The lowest BCUT2D eigenvalue weighted by molar-refractivity contribution is 0.354. The number of aromatic hydroxyl groups is 1. The van der Waals surface area contributed by atoms with Crippen molar-refractivity contribution in [2.45, 2.75) is 6.42 Å². The van der Waals surface area contributed by atoms with E-state index in [-0.39, 0.29) is 5.75 Å². The van der Waals surface area contributed by atoms with Gasteiger partial charge in [-0.25, -0.2) is 0 Å². The van der Waals surface area contributed by atoms with E-state index in [4.69, 9.17) is 14.2 Å². The van der Waals surface area contributed by atoms with Gasteiger partial charge in [-0.1, -0.05) is 6.07 Å². The van der Waals surface area contributed by atoms with E-state index in [1.165, 1.54) is 7.11 Å². The van der Waals surface area contributed by atoms with E-state index in [1.54, 1.807) is 26.5 Å². The average molecular weight is 325 g/mol. The first-order valence-electron chi connectivity index (χ1n) is 7.50. The Labute approximate surface area is 140 Å². The van der Waals surface area contributed by atoms with Gasteiger partial charge in [0, 0.05) is 17.8 Å². The highest BCUT2D eigenvalue weighted by Crippen LogP contribution is 2.34. The Morgan fingerprint density at radius 2 is 1.62 bits per heavy atom. The Kier molecular flexibility index (Phi) is 4.42. The van der Waals surface area contributed by atoms with Crippen LogP contribution in [-0.4, -0.2) is 31.4 Å². The Hall–Kier alpha value is -2.95. The van der Waals surface area contributed by atoms with Gasteiger partial charge in [0.25, 0.3) is 0 Å². The molecule has 3 aromatic rings. The summed E-state index contributed by atoms with van der Waals surface area (Å²) in [6.07, 6.45) is 4.24. The number of rotatable bonds is 5. The zero-order chi connectivity index (χ0) is 17.1. The number of methoxy groups -OCH3 is 3. The van der Waals surface area contributed by atoms with Crippen molar-refractivity contribution in [1.29, 1.82) is 0 Å². The normalized spacial score (nSPS) is 10.6. The van der Waals surface area contributed by atoms with Crippen LogP contribution in [0.4, 0.5) is 0 Å². The first-order valence-corrected chi connectivity index (χ1v) is 7.50. The van der Waals surface area contributed by atoms with Gasteiger partial charge < -0.3 is 19.3 Å². The fraction of sp³-hybridized carbons (Fsp3) is 0.211. The Morgan fingerprint density at radius 3 is 2.33 bits per heavy atom. The first kappa shape index (κ1) is 15.9. The van der Waals surface area contributed by atoms with Crippen molar-refractivity contribution < 1.29 is 19.3 Å². The van der Waals surface area contributed by atoms with Crippen molar-refractivity contribution in [2.24, 2.45) is 0 Å². The van der Waals surface area contributed by atoms with Gasteiger partial charge in [0.1, 0.15) is 0 Å². The van der Waals surface area contributed by atoms with Crippen molar-refractivity contribution >= 4 is 10.8 Å². The number of phenolic OH excluding ortho intramolecular Hbond substituents is 1. The molecule has 0 unspecified atom stereocenters. The third-order valence-electron chi connectivity index (χ3n) is 3.98. The second-order valence-electron chi connectivity index (χ2n) is 5.41. The average Bonchev–Trinajstić information content (AvgIpc) is 2.61. The van der Waals surface area contributed by atoms with Crippen molar-refractivity contribution in [3.05, 3.63) is 53.9 Å². The number of ether oxygens (including phenoxy) is 3. The van der Waals surface area contributed by atoms with Gasteiger partial charge >= 0.3 is 0 Å². The summed E-state index contributed by atoms with van der Waals surface area (Å²) in [7, 11) is 4.77. The lowest BCUT2D eigenvalue weighted by atomic mass is 10.00. The van der Waals surface area contributed by atoms with Crippen molar-refractivity contribution in [3.63, 3.8) is 0 Å². The van der Waals surface area contributed by atoms with Crippen molar-refractivity contribution in [1.82, 2.24) is 4.98 Å². The van der Waals surface area contributed by atoms with E-state index in [2.05, 4.69) is 4.98 Å². The van der Waals surface area contributed by atoms with E-state index < -0.39 is 0 Å². The predicted octanol–water partition coefficient (Wildman–Crippen LogP) is 3.56. The summed E-state index contributed by atoms with van der Waals surface area (Å²) in [6.45, 7) is 0. The quantitative estimate of drug-likeness (QED) is 0.777. The van der Waals surface area contributed by atoms with E-state index in [9.17, 15) is 5.11 Å². The molecule has 2 aromatic carbocycles. The molecule has 0 radical (unpaired) electrons. The summed E-state index contributed by atoms with van der Waals surface area (Å²) in [4.78, 5) is 4.27. The smallest absolute Gasteiger partial charge is 0.161 e. The summed E-state index contributed by atoms with van der Waals surface area (Å²) >= 11 is 0. The van der Waals surface area contributed by atoms with E-state index in [1.807, 2.05) is 30.5 Å². The molecule has 0 saturated carbocycles. The third-order valence-corrected chi connectivity index (χ3v) is 3.98. The molecule has 0 aliphatic heterocycles. The van der Waals surface area contributed by atoms with Gasteiger partial charge in [-0.2, -0.15) is 0 Å². The minimum atomic E-state index is 0.107. The maximum absolute atomic E-state index is 9.93. The minimum Gasteiger partial charge on any atom is -0.504 e. The molecule has 1 N–H and O–H groups in total. The fourth-order valence-corrected chi connectivity index (χ4v) is 2.76. The van der Waals surface area contributed by atoms with Gasteiger partial charge in [0.2, 0.25) is 0 Å². The maximum Gasteiger partial charge on any atom is 0.161 e. The Balaban J connectivity index is 2.04. The molecule has 0 amide bonds. The molecule has 0 spiro atoms. The van der Waals surface area contributed by atoms with E-state index in [0.29, 0.717) is 23.7 Å². The molecule has 3 rings (SSSR count). The van der Waals surface area contributed by atoms with E-state index in [0.717, 1.165) is 21.9 Å². The van der Waals surface area contributed by atoms with Crippen LogP contribution in [0.2, 0.25) is 0 Å². The minimum absolute atomic E-state index is 0.107. The lowest BCUT2D eigenvalue weighted by Crippen LogP contribution is -1.95. The van der Waals surface area contributed by atoms with Crippen LogP contribution in [0.5, 0.6) is 23.0 Å². The molecule has 1 aromatic heterocycles. The number of aromatic nitrogens is 1. The van der Waals surface area contributed by atoms with Crippen molar-refractivity contribution in [3.8, 4) is 23.0 Å². The van der Waals surface area contributed by atoms with E-state index >= 15 is 0 Å². The molecule has 0 atom stereocenters. The van der Waals surface area contributed by atoms with Crippen molar-refractivity contribution in [2.75, 3.05) is 21.3 Å². The molecule has 0 bridgehead atoms. The number of fused-ring (bicyclic) bond motifs is 1. The maximum atomic E-state index is 9.93. The molecule has 1 heterocycles.